The van der Waals surface area contributed by atoms with Gasteiger partial charge in [-0.15, -0.1) is 6.42 Å². The summed E-state index contributed by atoms with van der Waals surface area (Å²) in [6.07, 6.45) is 10.5. The van der Waals surface area contributed by atoms with Crippen LogP contribution in [0.1, 0.15) is 31.4 Å². The lowest BCUT2D eigenvalue weighted by atomic mass is 9.64. The Morgan fingerprint density at radius 1 is 1.36 bits per heavy atom. The van der Waals surface area contributed by atoms with Crippen LogP contribution in [0.2, 0.25) is 0 Å². The van der Waals surface area contributed by atoms with Gasteiger partial charge in [0, 0.05) is 35.1 Å². The predicted octanol–water partition coefficient (Wildman–Crippen LogP) is 3.17. The Morgan fingerprint density at radius 3 is 2.93 bits per heavy atom. The first kappa shape index (κ1) is 18.3. The van der Waals surface area contributed by atoms with E-state index in [1.54, 1.807) is 6.20 Å². The number of aromatic nitrogens is 3. The molecule has 1 fully saturated rings. The number of benzene rings is 1. The zero-order valence-corrected chi connectivity index (χ0v) is 16.2. The molecule has 1 saturated carbocycles. The number of nitrogens with one attached hydrogen (secondary N) is 3. The standard InChI is InChI=1S/C22H25N5O/c1-4-14-12-25-21(27-20(14)26-18-11-19(28)22(18,2)3)23-10-9-15-13-24-17-8-6-5-7-16(15)17/h1,5-8,12-13,18-19,24,28H,9-11H2,2-3H3,(H2,23,25,26,27)/t18-,19+/m1/s1. The van der Waals surface area contributed by atoms with Gasteiger partial charge in [0.2, 0.25) is 5.95 Å². The summed E-state index contributed by atoms with van der Waals surface area (Å²) in [5, 5.41) is 17.9. The van der Waals surface area contributed by atoms with Crippen molar-refractivity contribution < 1.29 is 5.11 Å². The number of rotatable bonds is 6. The molecular weight excluding hydrogens is 350 g/mol. The van der Waals surface area contributed by atoms with Gasteiger partial charge in [0.15, 0.2) is 0 Å². The Morgan fingerprint density at radius 2 is 2.18 bits per heavy atom. The number of aromatic amines is 1. The molecule has 2 heterocycles. The third-order valence-corrected chi connectivity index (χ3v) is 5.82. The molecule has 0 aliphatic heterocycles. The molecule has 6 heteroatoms. The molecule has 4 N–H and O–H groups in total. The maximum atomic E-state index is 9.96. The Bertz CT molecular complexity index is 1030. The van der Waals surface area contributed by atoms with Crippen LogP contribution in [0.4, 0.5) is 11.8 Å². The Kier molecular flexibility index (Phi) is 4.70. The van der Waals surface area contributed by atoms with Crippen LogP contribution in [-0.2, 0) is 6.42 Å². The van der Waals surface area contributed by atoms with Crippen LogP contribution in [-0.4, -0.2) is 38.7 Å². The second-order valence-corrected chi connectivity index (χ2v) is 7.91. The maximum absolute atomic E-state index is 9.96. The van der Waals surface area contributed by atoms with Gasteiger partial charge in [-0.1, -0.05) is 38.0 Å². The highest BCUT2D eigenvalue weighted by atomic mass is 16.3. The highest BCUT2D eigenvalue weighted by Gasteiger charge is 2.47. The van der Waals surface area contributed by atoms with E-state index in [-0.39, 0.29) is 17.6 Å². The van der Waals surface area contributed by atoms with Crippen molar-refractivity contribution >= 4 is 22.7 Å². The first-order chi connectivity index (χ1) is 13.5. The second kappa shape index (κ2) is 7.17. The quantitative estimate of drug-likeness (QED) is 0.497. The van der Waals surface area contributed by atoms with E-state index in [9.17, 15) is 5.11 Å². The van der Waals surface area contributed by atoms with Crippen molar-refractivity contribution in [3.8, 4) is 12.3 Å². The summed E-state index contributed by atoms with van der Waals surface area (Å²) in [7, 11) is 0. The molecule has 0 unspecified atom stereocenters. The molecule has 0 radical (unpaired) electrons. The summed E-state index contributed by atoms with van der Waals surface area (Å²) in [5.74, 6) is 3.81. The van der Waals surface area contributed by atoms with Crippen molar-refractivity contribution in [2.75, 3.05) is 17.2 Å². The molecule has 144 valence electrons. The number of hydrogen-bond acceptors (Lipinski definition) is 5. The summed E-state index contributed by atoms with van der Waals surface area (Å²) in [6.45, 7) is 4.79. The molecule has 3 aromatic rings. The smallest absolute Gasteiger partial charge is 0.224 e. The molecule has 0 bridgehead atoms. The molecule has 6 nitrogen and oxygen atoms in total. The number of fused-ring (bicyclic) bond motifs is 1. The van der Waals surface area contributed by atoms with Crippen LogP contribution in [0, 0.1) is 17.8 Å². The molecule has 2 atom stereocenters. The number of anilines is 2. The SMILES string of the molecule is C#Cc1cnc(NCCc2c[nH]c3ccccc23)nc1N[C@@H]1C[C@H](O)C1(C)C. The van der Waals surface area contributed by atoms with Crippen molar-refractivity contribution in [3.63, 3.8) is 0 Å². The van der Waals surface area contributed by atoms with Gasteiger partial charge in [-0.05, 0) is 24.5 Å². The zero-order valence-electron chi connectivity index (χ0n) is 16.2. The number of terminal acetylenes is 1. The van der Waals surface area contributed by atoms with Gasteiger partial charge in [0.05, 0.1) is 17.9 Å². The van der Waals surface area contributed by atoms with E-state index in [1.165, 1.54) is 10.9 Å². The molecule has 2 aromatic heterocycles. The Balaban J connectivity index is 1.43. The van der Waals surface area contributed by atoms with Crippen LogP contribution < -0.4 is 10.6 Å². The van der Waals surface area contributed by atoms with Gasteiger partial charge in [0.1, 0.15) is 5.82 Å². The number of H-pyrrole nitrogens is 1. The van der Waals surface area contributed by atoms with Crippen LogP contribution in [0.5, 0.6) is 0 Å². The second-order valence-electron chi connectivity index (χ2n) is 7.91. The fraction of sp³-hybridized carbons (Fsp3) is 0.364. The molecule has 1 aliphatic carbocycles. The van der Waals surface area contributed by atoms with Crippen molar-refractivity contribution in [1.29, 1.82) is 0 Å². The fourth-order valence-electron chi connectivity index (χ4n) is 3.64. The van der Waals surface area contributed by atoms with E-state index in [0.29, 0.717) is 30.3 Å². The fourth-order valence-corrected chi connectivity index (χ4v) is 3.64. The van der Waals surface area contributed by atoms with E-state index in [1.807, 2.05) is 32.2 Å². The highest BCUT2D eigenvalue weighted by molar-refractivity contribution is 5.83. The highest BCUT2D eigenvalue weighted by Crippen LogP contribution is 2.42. The molecule has 1 aromatic carbocycles. The van der Waals surface area contributed by atoms with Crippen LogP contribution in [0.25, 0.3) is 10.9 Å². The molecule has 1 aliphatic rings. The molecule has 0 saturated heterocycles. The number of para-hydroxylation sites is 1. The first-order valence-electron chi connectivity index (χ1n) is 9.56. The van der Waals surface area contributed by atoms with Gasteiger partial charge in [0.25, 0.3) is 0 Å². The van der Waals surface area contributed by atoms with Gasteiger partial charge in [-0.2, -0.15) is 4.98 Å². The number of aliphatic hydroxyl groups is 1. The monoisotopic (exact) mass is 375 g/mol. The predicted molar refractivity (Wildman–Crippen MR) is 112 cm³/mol. The van der Waals surface area contributed by atoms with Gasteiger partial charge in [-0.3, -0.25) is 0 Å². The Hall–Kier alpha value is -3.04. The zero-order chi connectivity index (χ0) is 19.7. The van der Waals surface area contributed by atoms with Crippen molar-refractivity contribution in [2.24, 2.45) is 5.41 Å². The normalized spacial score (nSPS) is 20.4. The van der Waals surface area contributed by atoms with Crippen LogP contribution >= 0.6 is 0 Å². The minimum absolute atomic E-state index is 0.128. The van der Waals surface area contributed by atoms with E-state index >= 15 is 0 Å². The average molecular weight is 375 g/mol. The van der Waals surface area contributed by atoms with Gasteiger partial charge in [-0.25, -0.2) is 4.98 Å². The van der Waals surface area contributed by atoms with Crippen LogP contribution in [0.3, 0.4) is 0 Å². The topological polar surface area (TPSA) is 85.9 Å². The summed E-state index contributed by atoms with van der Waals surface area (Å²) < 4.78 is 0. The lowest BCUT2D eigenvalue weighted by Crippen LogP contribution is -2.57. The van der Waals surface area contributed by atoms with Crippen molar-refractivity contribution in [2.45, 2.75) is 38.8 Å². The first-order valence-corrected chi connectivity index (χ1v) is 9.56. The summed E-state index contributed by atoms with van der Waals surface area (Å²) >= 11 is 0. The van der Waals surface area contributed by atoms with Gasteiger partial charge < -0.3 is 20.7 Å². The lowest BCUT2D eigenvalue weighted by Gasteiger charge is -2.49. The third kappa shape index (κ3) is 3.30. The van der Waals surface area contributed by atoms with Crippen molar-refractivity contribution in [1.82, 2.24) is 15.0 Å². The minimum atomic E-state index is -0.310. The largest absolute Gasteiger partial charge is 0.392 e. The average Bonchev–Trinajstić information content (AvgIpc) is 3.11. The number of nitrogens with zero attached hydrogens (tertiary/aromatic N) is 2. The van der Waals surface area contributed by atoms with Crippen molar-refractivity contribution in [3.05, 3.63) is 47.8 Å². The molecule has 0 spiro atoms. The minimum Gasteiger partial charge on any atom is -0.392 e. The van der Waals surface area contributed by atoms with E-state index in [2.05, 4.69) is 43.6 Å². The molecule has 0 amide bonds. The Labute approximate surface area is 164 Å². The lowest BCUT2D eigenvalue weighted by molar-refractivity contribution is -0.0511. The maximum Gasteiger partial charge on any atom is 0.224 e. The third-order valence-electron chi connectivity index (χ3n) is 5.82. The van der Waals surface area contributed by atoms with E-state index in [0.717, 1.165) is 11.9 Å². The summed E-state index contributed by atoms with van der Waals surface area (Å²) in [5.41, 5.74) is 2.81. The molecule has 4 rings (SSSR count). The van der Waals surface area contributed by atoms with Gasteiger partial charge >= 0.3 is 0 Å². The summed E-state index contributed by atoms with van der Waals surface area (Å²) in [6, 6.07) is 8.40. The van der Waals surface area contributed by atoms with E-state index < -0.39 is 0 Å². The van der Waals surface area contributed by atoms with E-state index in [4.69, 9.17) is 6.42 Å². The molecule has 28 heavy (non-hydrogen) atoms. The number of hydrogen-bond donors (Lipinski definition) is 4. The number of aliphatic hydroxyl groups excluding tert-OH is 1. The summed E-state index contributed by atoms with van der Waals surface area (Å²) in [4.78, 5) is 12.2. The van der Waals surface area contributed by atoms with Crippen LogP contribution in [0.15, 0.2) is 36.7 Å². The molecular formula is C22H25N5O.